The Labute approximate surface area is 191 Å². The van der Waals surface area contributed by atoms with E-state index in [2.05, 4.69) is 48.0 Å². The Hall–Kier alpha value is -1.00. The van der Waals surface area contributed by atoms with Crippen LogP contribution in [0.15, 0.2) is 29.3 Å². The molecule has 3 N–H and O–H groups in total. The summed E-state index contributed by atoms with van der Waals surface area (Å²) >= 11 is 1.82. The van der Waals surface area contributed by atoms with Gasteiger partial charge in [0.15, 0.2) is 5.96 Å². The van der Waals surface area contributed by atoms with Gasteiger partial charge in [0, 0.05) is 36.5 Å². The number of rotatable bonds is 10. The molecular weight excluding hydrogens is 485 g/mol. The Morgan fingerprint density at radius 2 is 1.93 bits per heavy atom. The Bertz CT molecular complexity index is 622. The zero-order valence-corrected chi connectivity index (χ0v) is 21.1. The van der Waals surface area contributed by atoms with Crippen molar-refractivity contribution in [3.8, 4) is 0 Å². The Morgan fingerprint density at radius 3 is 2.54 bits per heavy atom. The minimum atomic E-state index is -0.0468. The molecular formula is C20H36IN5OS. The van der Waals surface area contributed by atoms with E-state index in [-0.39, 0.29) is 34.6 Å². The smallest absolute Gasteiger partial charge is 0.251 e. The molecule has 0 aliphatic carbocycles. The van der Waals surface area contributed by atoms with Crippen LogP contribution in [0.2, 0.25) is 0 Å². The van der Waals surface area contributed by atoms with Gasteiger partial charge in [0.25, 0.3) is 5.91 Å². The number of guanidine groups is 1. The predicted molar refractivity (Wildman–Crippen MR) is 133 cm³/mol. The van der Waals surface area contributed by atoms with Gasteiger partial charge < -0.3 is 20.9 Å². The molecule has 1 amide bonds. The van der Waals surface area contributed by atoms with E-state index in [4.69, 9.17) is 0 Å². The first-order chi connectivity index (χ1) is 12.8. The van der Waals surface area contributed by atoms with Crippen LogP contribution in [0.4, 0.5) is 0 Å². The third kappa shape index (κ3) is 11.1. The van der Waals surface area contributed by atoms with E-state index in [9.17, 15) is 4.79 Å². The van der Waals surface area contributed by atoms with Crippen LogP contribution in [-0.4, -0.2) is 68.0 Å². The first-order valence-corrected chi connectivity index (χ1v) is 10.6. The lowest BCUT2D eigenvalue weighted by Gasteiger charge is -2.23. The molecule has 0 saturated carbocycles. The zero-order chi connectivity index (χ0) is 20.3. The molecule has 0 spiro atoms. The standard InChI is InChI=1S/C20H35N5OS.HI/c1-7-21-19(24-15-20(2,3)27-6)23-14-16-9-8-10-17(13-16)18(26)22-11-12-25(4)5;/h8-10,13H,7,11-12,14-15H2,1-6H3,(H,22,26)(H2,21,23,24);1H. The number of carbonyl (C=O) groups is 1. The third-order valence-electron chi connectivity index (χ3n) is 4.03. The molecule has 0 aliphatic heterocycles. The van der Waals surface area contributed by atoms with Gasteiger partial charge in [0.1, 0.15) is 0 Å². The quantitative estimate of drug-likeness (QED) is 0.251. The Balaban J connectivity index is 0.00000729. The number of halogens is 1. The highest BCUT2D eigenvalue weighted by Gasteiger charge is 2.16. The van der Waals surface area contributed by atoms with Crippen molar-refractivity contribution >= 4 is 47.6 Å². The van der Waals surface area contributed by atoms with Crippen molar-refractivity contribution in [1.29, 1.82) is 0 Å². The zero-order valence-electron chi connectivity index (χ0n) is 18.0. The van der Waals surface area contributed by atoms with Gasteiger partial charge in [-0.2, -0.15) is 11.8 Å². The molecule has 1 rings (SSSR count). The second-order valence-corrected chi connectivity index (χ2v) is 8.79. The number of amides is 1. The lowest BCUT2D eigenvalue weighted by Crippen LogP contribution is -2.43. The van der Waals surface area contributed by atoms with Gasteiger partial charge in [0.05, 0.1) is 6.54 Å². The fourth-order valence-electron chi connectivity index (χ4n) is 2.19. The van der Waals surface area contributed by atoms with E-state index in [0.29, 0.717) is 18.7 Å². The highest BCUT2D eigenvalue weighted by molar-refractivity contribution is 14.0. The summed E-state index contributed by atoms with van der Waals surface area (Å²) in [4.78, 5) is 19.0. The topological polar surface area (TPSA) is 68.8 Å². The molecule has 0 saturated heterocycles. The predicted octanol–water partition coefficient (Wildman–Crippen LogP) is 2.79. The van der Waals surface area contributed by atoms with Crippen LogP contribution in [0, 0.1) is 0 Å². The van der Waals surface area contributed by atoms with Gasteiger partial charge in [-0.15, -0.1) is 24.0 Å². The van der Waals surface area contributed by atoms with Crippen LogP contribution in [0.5, 0.6) is 0 Å². The molecule has 160 valence electrons. The molecule has 0 radical (unpaired) electrons. The van der Waals surface area contributed by atoms with Gasteiger partial charge in [-0.25, -0.2) is 4.99 Å². The molecule has 1 aromatic carbocycles. The highest BCUT2D eigenvalue weighted by Crippen LogP contribution is 2.19. The average molecular weight is 522 g/mol. The SMILES string of the molecule is CCNC(=NCc1cccc(C(=O)NCCN(C)C)c1)NCC(C)(C)SC.I. The van der Waals surface area contributed by atoms with Gasteiger partial charge in [-0.05, 0) is 58.8 Å². The van der Waals surface area contributed by atoms with Crippen molar-refractivity contribution in [2.75, 3.05) is 46.5 Å². The van der Waals surface area contributed by atoms with Crippen molar-refractivity contribution in [2.24, 2.45) is 4.99 Å². The van der Waals surface area contributed by atoms with Crippen LogP contribution < -0.4 is 16.0 Å². The molecule has 28 heavy (non-hydrogen) atoms. The molecule has 6 nitrogen and oxygen atoms in total. The van der Waals surface area contributed by atoms with Gasteiger partial charge >= 0.3 is 0 Å². The van der Waals surface area contributed by atoms with Crippen LogP contribution >= 0.6 is 35.7 Å². The number of nitrogens with one attached hydrogen (secondary N) is 3. The summed E-state index contributed by atoms with van der Waals surface area (Å²) in [5.41, 5.74) is 1.68. The monoisotopic (exact) mass is 521 g/mol. The fourth-order valence-corrected chi connectivity index (χ4v) is 2.40. The lowest BCUT2D eigenvalue weighted by molar-refractivity contribution is 0.0951. The number of likely N-dealkylation sites (N-methyl/N-ethyl adjacent to an activating group) is 1. The van der Waals surface area contributed by atoms with Crippen molar-refractivity contribution in [3.63, 3.8) is 0 Å². The summed E-state index contributed by atoms with van der Waals surface area (Å²) in [7, 11) is 3.97. The van der Waals surface area contributed by atoms with Gasteiger partial charge in [-0.1, -0.05) is 12.1 Å². The number of benzene rings is 1. The number of hydrogen-bond acceptors (Lipinski definition) is 4. The molecule has 0 bridgehead atoms. The summed E-state index contributed by atoms with van der Waals surface area (Å²) in [6.45, 7) is 10.1. The lowest BCUT2D eigenvalue weighted by atomic mass is 10.1. The maximum absolute atomic E-state index is 12.3. The third-order valence-corrected chi connectivity index (χ3v) is 5.28. The van der Waals surface area contributed by atoms with Crippen LogP contribution in [0.25, 0.3) is 0 Å². The number of carbonyl (C=O) groups excluding carboxylic acids is 1. The largest absolute Gasteiger partial charge is 0.357 e. The maximum Gasteiger partial charge on any atom is 0.251 e. The van der Waals surface area contributed by atoms with E-state index in [1.807, 2.05) is 55.0 Å². The van der Waals surface area contributed by atoms with Crippen molar-refractivity contribution in [2.45, 2.75) is 32.1 Å². The first-order valence-electron chi connectivity index (χ1n) is 9.36. The number of thioether (sulfide) groups is 1. The summed E-state index contributed by atoms with van der Waals surface area (Å²) in [6, 6.07) is 7.64. The van der Waals surface area contributed by atoms with Crippen LogP contribution in [0.3, 0.4) is 0 Å². The number of nitrogens with zero attached hydrogens (tertiary/aromatic N) is 2. The minimum Gasteiger partial charge on any atom is -0.357 e. The number of hydrogen-bond donors (Lipinski definition) is 3. The van der Waals surface area contributed by atoms with E-state index >= 15 is 0 Å². The van der Waals surface area contributed by atoms with Crippen LogP contribution in [0.1, 0.15) is 36.7 Å². The minimum absolute atomic E-state index is 0. The summed E-state index contributed by atoms with van der Waals surface area (Å²) in [5, 5.41) is 9.61. The Morgan fingerprint density at radius 1 is 1.21 bits per heavy atom. The molecule has 0 heterocycles. The summed E-state index contributed by atoms with van der Waals surface area (Å²) in [5.74, 6) is 0.745. The van der Waals surface area contributed by atoms with Crippen LogP contribution in [-0.2, 0) is 6.54 Å². The van der Waals surface area contributed by atoms with E-state index in [1.165, 1.54) is 0 Å². The van der Waals surface area contributed by atoms with Crippen molar-refractivity contribution in [3.05, 3.63) is 35.4 Å². The molecule has 0 fully saturated rings. The highest BCUT2D eigenvalue weighted by atomic mass is 127. The normalized spacial score (nSPS) is 11.8. The second-order valence-electron chi connectivity index (χ2n) is 7.27. The Kier molecular flexibility index (Phi) is 13.6. The first kappa shape index (κ1) is 27.0. The average Bonchev–Trinajstić information content (AvgIpc) is 2.64. The maximum atomic E-state index is 12.3. The molecule has 8 heteroatoms. The second kappa shape index (κ2) is 14.1. The van der Waals surface area contributed by atoms with E-state index in [0.717, 1.165) is 31.2 Å². The molecule has 0 unspecified atom stereocenters. The molecule has 0 atom stereocenters. The van der Waals surface area contributed by atoms with Crippen molar-refractivity contribution < 1.29 is 4.79 Å². The molecule has 1 aromatic rings. The fraction of sp³-hybridized carbons (Fsp3) is 0.600. The van der Waals surface area contributed by atoms with E-state index < -0.39 is 0 Å². The van der Waals surface area contributed by atoms with Gasteiger partial charge in [0.2, 0.25) is 0 Å². The summed E-state index contributed by atoms with van der Waals surface area (Å²) in [6.07, 6.45) is 2.11. The van der Waals surface area contributed by atoms with Crippen molar-refractivity contribution in [1.82, 2.24) is 20.9 Å². The van der Waals surface area contributed by atoms with Gasteiger partial charge in [-0.3, -0.25) is 4.79 Å². The summed E-state index contributed by atoms with van der Waals surface area (Å²) < 4.78 is 0.140. The van der Waals surface area contributed by atoms with E-state index in [1.54, 1.807) is 0 Å². The molecule has 0 aromatic heterocycles. The molecule has 0 aliphatic rings. The number of aliphatic imine (C=N–C) groups is 1.